The lowest BCUT2D eigenvalue weighted by Gasteiger charge is -2.45. The van der Waals surface area contributed by atoms with E-state index in [1.807, 2.05) is 6.20 Å². The van der Waals surface area contributed by atoms with E-state index in [0.717, 1.165) is 73.5 Å². The van der Waals surface area contributed by atoms with Crippen molar-refractivity contribution in [1.82, 2.24) is 14.5 Å². The molecule has 5 rings (SSSR count). The molecule has 3 aliphatic rings. The third-order valence-corrected chi connectivity index (χ3v) is 9.28. The van der Waals surface area contributed by atoms with Gasteiger partial charge in [0.25, 0.3) is 5.91 Å². The van der Waals surface area contributed by atoms with E-state index >= 15 is 0 Å². The number of aliphatic hydroxyl groups excluding tert-OH is 1. The normalized spacial score (nSPS) is 23.9. The predicted octanol–water partition coefficient (Wildman–Crippen LogP) is 4.28. The number of aliphatic hydroxyl groups is 1. The Morgan fingerprint density at radius 3 is 2.45 bits per heavy atom. The van der Waals surface area contributed by atoms with Gasteiger partial charge in [0.15, 0.2) is 0 Å². The predicted molar refractivity (Wildman–Crippen MR) is 133 cm³/mol. The van der Waals surface area contributed by atoms with Crippen molar-refractivity contribution in [2.75, 3.05) is 24.8 Å². The molecule has 2 aromatic heterocycles. The molecule has 1 aliphatic heterocycles. The smallest absolute Gasteiger partial charge is 0.259 e. The maximum Gasteiger partial charge on any atom is 0.259 e. The van der Waals surface area contributed by atoms with Crippen LogP contribution < -0.4 is 4.90 Å². The molecule has 0 aromatic carbocycles. The SMILES string of the molecule is C[Si](C)(C)CCOCn1ccc2c3c(cnc21)C(=O)N(C1CC1)CN3[C@H]1CC[C@H](CO)CC1. The van der Waals surface area contributed by atoms with E-state index in [1.54, 1.807) is 6.20 Å². The highest BCUT2D eigenvalue weighted by Crippen LogP contribution is 2.42. The fourth-order valence-corrected chi connectivity index (χ4v) is 6.05. The molecule has 0 saturated heterocycles. The first-order chi connectivity index (χ1) is 15.9. The third kappa shape index (κ3) is 4.70. The first kappa shape index (κ1) is 22.9. The molecule has 33 heavy (non-hydrogen) atoms. The second-order valence-electron chi connectivity index (χ2n) is 11.4. The van der Waals surface area contributed by atoms with Gasteiger partial charge in [0, 0.05) is 51.2 Å². The number of aromatic nitrogens is 2. The number of ether oxygens (including phenoxy) is 1. The molecule has 3 heterocycles. The molecule has 0 radical (unpaired) electrons. The van der Waals surface area contributed by atoms with Crippen LogP contribution in [0.15, 0.2) is 18.5 Å². The van der Waals surface area contributed by atoms with Gasteiger partial charge in [-0.05, 0) is 56.6 Å². The zero-order chi connectivity index (χ0) is 23.2. The number of rotatable bonds is 8. The summed E-state index contributed by atoms with van der Waals surface area (Å²) < 4.78 is 8.06. The first-order valence-electron chi connectivity index (χ1n) is 12.6. The molecular weight excluding hydrogens is 432 g/mol. The van der Waals surface area contributed by atoms with Crippen LogP contribution in [0.2, 0.25) is 25.7 Å². The standard InChI is InChI=1S/C25H38N4O3Si/c1-33(2,3)13-12-32-17-27-11-10-21-23-22(14-26-24(21)27)25(31)29(20-8-9-20)16-28(23)19-6-4-18(15-30)5-7-19/h10-11,14,18-20,30H,4-9,12-13,15-17H2,1-3H3/t18-,19-. The number of amides is 1. The summed E-state index contributed by atoms with van der Waals surface area (Å²) in [6.45, 7) is 9.30. The van der Waals surface area contributed by atoms with Gasteiger partial charge in [0.2, 0.25) is 0 Å². The highest BCUT2D eigenvalue weighted by Gasteiger charge is 2.42. The van der Waals surface area contributed by atoms with Crippen LogP contribution in [0, 0.1) is 5.92 Å². The van der Waals surface area contributed by atoms with E-state index in [-0.39, 0.29) is 12.5 Å². The number of hydrogen-bond donors (Lipinski definition) is 1. The second kappa shape index (κ2) is 9.04. The maximum atomic E-state index is 13.4. The van der Waals surface area contributed by atoms with Gasteiger partial charge in [-0.1, -0.05) is 19.6 Å². The van der Waals surface area contributed by atoms with Crippen molar-refractivity contribution in [3.8, 4) is 0 Å². The van der Waals surface area contributed by atoms with Crippen LogP contribution >= 0.6 is 0 Å². The van der Waals surface area contributed by atoms with Crippen molar-refractivity contribution >= 4 is 30.7 Å². The molecule has 0 spiro atoms. The van der Waals surface area contributed by atoms with Gasteiger partial charge in [0.1, 0.15) is 12.4 Å². The van der Waals surface area contributed by atoms with Crippen molar-refractivity contribution in [2.45, 2.75) is 83.0 Å². The van der Waals surface area contributed by atoms with Crippen LogP contribution in [0.3, 0.4) is 0 Å². The van der Waals surface area contributed by atoms with Crippen molar-refractivity contribution in [1.29, 1.82) is 0 Å². The zero-order valence-corrected chi connectivity index (χ0v) is 21.3. The minimum absolute atomic E-state index is 0.126. The quantitative estimate of drug-likeness (QED) is 0.461. The van der Waals surface area contributed by atoms with Crippen molar-refractivity contribution in [2.24, 2.45) is 5.92 Å². The lowest BCUT2D eigenvalue weighted by atomic mass is 9.85. The van der Waals surface area contributed by atoms with Crippen molar-refractivity contribution in [3.63, 3.8) is 0 Å². The summed E-state index contributed by atoms with van der Waals surface area (Å²) >= 11 is 0. The van der Waals surface area contributed by atoms with Gasteiger partial charge < -0.3 is 24.2 Å². The molecule has 2 aliphatic carbocycles. The Bertz CT molecular complexity index is 1000. The van der Waals surface area contributed by atoms with E-state index < -0.39 is 8.07 Å². The molecule has 2 aromatic rings. The number of anilines is 1. The average molecular weight is 471 g/mol. The first-order valence-corrected chi connectivity index (χ1v) is 16.3. The molecule has 2 saturated carbocycles. The molecule has 0 atom stereocenters. The Kier molecular flexibility index (Phi) is 6.26. The van der Waals surface area contributed by atoms with E-state index in [1.165, 1.54) is 0 Å². The Balaban J connectivity index is 1.44. The summed E-state index contributed by atoms with van der Waals surface area (Å²) in [6.07, 6.45) is 10.3. The van der Waals surface area contributed by atoms with Gasteiger partial charge in [-0.3, -0.25) is 4.79 Å². The molecule has 1 N–H and O–H groups in total. The largest absolute Gasteiger partial charge is 0.396 e. The van der Waals surface area contributed by atoms with Gasteiger partial charge in [-0.2, -0.15) is 0 Å². The summed E-state index contributed by atoms with van der Waals surface area (Å²) in [5.74, 6) is 0.542. The summed E-state index contributed by atoms with van der Waals surface area (Å²) in [6, 6.07) is 4.02. The lowest BCUT2D eigenvalue weighted by molar-refractivity contribution is 0.0717. The van der Waals surface area contributed by atoms with Gasteiger partial charge >= 0.3 is 0 Å². The van der Waals surface area contributed by atoms with Crippen molar-refractivity contribution < 1.29 is 14.6 Å². The van der Waals surface area contributed by atoms with Crippen LogP contribution in [-0.2, 0) is 11.5 Å². The number of nitrogens with zero attached hydrogens (tertiary/aromatic N) is 4. The number of carbonyl (C=O) groups is 1. The van der Waals surface area contributed by atoms with Crippen molar-refractivity contribution in [3.05, 3.63) is 24.0 Å². The van der Waals surface area contributed by atoms with E-state index in [4.69, 9.17) is 9.72 Å². The number of fused-ring (bicyclic) bond motifs is 3. The molecular formula is C25H38N4O3Si. The fraction of sp³-hybridized carbons (Fsp3) is 0.680. The Morgan fingerprint density at radius 2 is 1.79 bits per heavy atom. The van der Waals surface area contributed by atoms with Crippen LogP contribution in [0.5, 0.6) is 0 Å². The Labute approximate surface area is 197 Å². The molecule has 1 amide bonds. The molecule has 0 unspecified atom stereocenters. The van der Waals surface area contributed by atoms with E-state index in [2.05, 4.69) is 40.1 Å². The van der Waals surface area contributed by atoms with Gasteiger partial charge in [0.05, 0.1) is 17.9 Å². The maximum absolute atomic E-state index is 13.4. The molecule has 2 fully saturated rings. The number of hydrogen-bond acceptors (Lipinski definition) is 5. The fourth-order valence-electron chi connectivity index (χ4n) is 5.29. The monoisotopic (exact) mass is 470 g/mol. The molecule has 0 bridgehead atoms. The van der Waals surface area contributed by atoms with E-state index in [0.29, 0.717) is 31.4 Å². The number of pyridine rings is 1. The Hall–Kier alpha value is -1.90. The summed E-state index contributed by atoms with van der Waals surface area (Å²) in [4.78, 5) is 22.6. The van der Waals surface area contributed by atoms with Crippen LogP contribution in [0.25, 0.3) is 11.0 Å². The van der Waals surface area contributed by atoms with Gasteiger partial charge in [-0.15, -0.1) is 0 Å². The second-order valence-corrected chi connectivity index (χ2v) is 17.0. The highest BCUT2D eigenvalue weighted by molar-refractivity contribution is 6.76. The van der Waals surface area contributed by atoms with Gasteiger partial charge in [-0.25, -0.2) is 4.98 Å². The highest BCUT2D eigenvalue weighted by atomic mass is 28.3. The number of carbonyl (C=O) groups excluding carboxylic acids is 1. The van der Waals surface area contributed by atoms with Crippen LogP contribution in [0.4, 0.5) is 5.69 Å². The molecule has 7 nitrogen and oxygen atoms in total. The minimum atomic E-state index is -1.12. The summed E-state index contributed by atoms with van der Waals surface area (Å²) in [5, 5.41) is 10.6. The zero-order valence-electron chi connectivity index (χ0n) is 20.3. The third-order valence-electron chi connectivity index (χ3n) is 7.57. The molecule has 180 valence electrons. The summed E-state index contributed by atoms with van der Waals surface area (Å²) in [5.41, 5.74) is 2.68. The molecule has 8 heteroatoms. The lowest BCUT2D eigenvalue weighted by Crippen LogP contribution is -2.52. The van der Waals surface area contributed by atoms with Crippen LogP contribution in [-0.4, -0.2) is 65.5 Å². The van der Waals surface area contributed by atoms with E-state index in [9.17, 15) is 9.90 Å². The summed E-state index contributed by atoms with van der Waals surface area (Å²) in [7, 11) is -1.12. The topological polar surface area (TPSA) is 70.8 Å². The van der Waals surface area contributed by atoms with Crippen LogP contribution in [0.1, 0.15) is 48.9 Å². The average Bonchev–Trinajstić information content (AvgIpc) is 3.56. The minimum Gasteiger partial charge on any atom is -0.396 e. The Morgan fingerprint density at radius 1 is 1.09 bits per heavy atom.